The number of alkyl carbamates (subject to hydrolysis) is 2. The van der Waals surface area contributed by atoms with Gasteiger partial charge in [0.15, 0.2) is 5.78 Å². The van der Waals surface area contributed by atoms with Crippen molar-refractivity contribution in [3.8, 4) is 22.3 Å². The topological polar surface area (TPSA) is 192 Å². The number of likely N-dealkylation sites (tertiary alicyclic amines) is 2. The van der Waals surface area contributed by atoms with Gasteiger partial charge in [0.05, 0.1) is 48.4 Å². The van der Waals surface area contributed by atoms with E-state index >= 15 is 0 Å². The van der Waals surface area contributed by atoms with Crippen LogP contribution in [0.4, 0.5) is 9.59 Å². The predicted molar refractivity (Wildman–Crippen MR) is 246 cm³/mol. The van der Waals surface area contributed by atoms with Gasteiger partial charge in [-0.3, -0.25) is 14.4 Å². The number of methoxy groups -OCH3 is 2. The molecular weight excluding hydrogens is 825 g/mol. The molecule has 3 fully saturated rings. The van der Waals surface area contributed by atoms with Crippen LogP contribution in [0.15, 0.2) is 48.5 Å². The lowest BCUT2D eigenvalue weighted by atomic mass is 9.71. The molecule has 2 saturated heterocycles. The van der Waals surface area contributed by atoms with Gasteiger partial charge in [0.1, 0.15) is 23.7 Å². The average molecular weight is 885 g/mol. The third-order valence-corrected chi connectivity index (χ3v) is 14.5. The lowest BCUT2D eigenvalue weighted by Gasteiger charge is -2.31. The van der Waals surface area contributed by atoms with Crippen LogP contribution in [0.3, 0.4) is 0 Å². The number of carbonyl (C=O) groups is 5. The molecule has 1 saturated carbocycles. The number of aromatic nitrogens is 4. The van der Waals surface area contributed by atoms with Gasteiger partial charge in [-0.15, -0.1) is 0 Å². The Morgan fingerprint density at radius 2 is 1.15 bits per heavy atom. The molecule has 2 aliphatic heterocycles. The number of imidazole rings is 2. The minimum atomic E-state index is -0.727. The monoisotopic (exact) mass is 884 g/mol. The van der Waals surface area contributed by atoms with Crippen molar-refractivity contribution >= 4 is 51.9 Å². The Bertz CT molecular complexity index is 2680. The number of ether oxygens (including phenoxy) is 2. The fourth-order valence-electron chi connectivity index (χ4n) is 11.0. The SMILES string of the molecule is COC(=O)NC(C(=O)N1CCCC1c1nc2ccc(-c3ccc(-c4ccc5nc(C6CCCN6C(=O)C(NC(=O)OC)C(C)C)[nH]c5c4)c4c3CC3(CCCCC3)C4=O)cc2[nH]1)C(C)C. The molecule has 2 aliphatic carbocycles. The molecule has 0 radical (unpaired) electrons. The van der Waals surface area contributed by atoms with Crippen molar-refractivity contribution in [2.45, 2.75) is 116 Å². The van der Waals surface area contributed by atoms with Crippen LogP contribution in [0.5, 0.6) is 0 Å². The van der Waals surface area contributed by atoms with E-state index in [-0.39, 0.29) is 41.5 Å². The lowest BCUT2D eigenvalue weighted by Crippen LogP contribution is -2.51. The molecule has 15 nitrogen and oxygen atoms in total. The zero-order chi connectivity index (χ0) is 45.7. The van der Waals surface area contributed by atoms with E-state index < -0.39 is 29.7 Å². The molecule has 3 aromatic carbocycles. The van der Waals surface area contributed by atoms with Gasteiger partial charge in [0.25, 0.3) is 0 Å². The van der Waals surface area contributed by atoms with Crippen molar-refractivity contribution in [1.82, 2.24) is 40.4 Å². The first-order chi connectivity index (χ1) is 31.3. The number of hydrogen-bond donors (Lipinski definition) is 4. The van der Waals surface area contributed by atoms with Crippen LogP contribution in [-0.2, 0) is 25.5 Å². The number of aromatic amines is 2. The Morgan fingerprint density at radius 1 is 0.677 bits per heavy atom. The summed E-state index contributed by atoms with van der Waals surface area (Å²) in [6.45, 7) is 8.74. The minimum absolute atomic E-state index is 0.135. The number of ketones is 1. The van der Waals surface area contributed by atoms with Crippen LogP contribution in [-0.4, -0.2) is 98.9 Å². The van der Waals surface area contributed by atoms with Crippen molar-refractivity contribution < 1.29 is 33.4 Å². The molecule has 65 heavy (non-hydrogen) atoms. The summed E-state index contributed by atoms with van der Waals surface area (Å²) in [4.78, 5) is 87.6. The molecule has 4 unspecified atom stereocenters. The van der Waals surface area contributed by atoms with Crippen LogP contribution in [0, 0.1) is 17.3 Å². The number of H-pyrrole nitrogens is 2. The van der Waals surface area contributed by atoms with Crippen molar-refractivity contribution in [1.29, 1.82) is 0 Å². The highest BCUT2D eigenvalue weighted by molar-refractivity contribution is 6.12. The van der Waals surface area contributed by atoms with Gasteiger partial charge in [-0.2, -0.15) is 0 Å². The fraction of sp³-hybridized carbons (Fsp3) is 0.500. The van der Waals surface area contributed by atoms with E-state index in [4.69, 9.17) is 19.4 Å². The van der Waals surface area contributed by atoms with Crippen LogP contribution in [0.2, 0.25) is 0 Å². The fourth-order valence-corrected chi connectivity index (χ4v) is 11.0. The summed E-state index contributed by atoms with van der Waals surface area (Å²) in [5.74, 6) is 1.04. The Labute approximate surface area is 378 Å². The first-order valence-corrected chi connectivity index (χ1v) is 23.3. The Kier molecular flexibility index (Phi) is 11.9. The molecule has 4 amide bonds. The summed E-state index contributed by atoms with van der Waals surface area (Å²) >= 11 is 0. The van der Waals surface area contributed by atoms with Gasteiger partial charge in [0, 0.05) is 24.1 Å². The van der Waals surface area contributed by atoms with Gasteiger partial charge < -0.3 is 39.9 Å². The normalized spacial score (nSPS) is 20.2. The standard InChI is InChI=1S/C50H60N8O7/c1-27(2)41(55-48(62)64-5)46(60)57-22-10-12-38(57)44-51-34-18-14-29(24-36(34)53-44)31-16-17-32(40-33(31)26-50(43(40)59)20-8-7-9-21-50)30-15-19-35-37(25-30)54-45(52-35)39-13-11-23-58(39)47(61)42(28(3)4)56-49(63)65-6/h14-19,24-25,27-28,38-39,41-42H,7-13,20-23,26H2,1-6H3,(H,51,53)(H,52,54)(H,55,62)(H,56,63). The molecule has 4 N–H and O–H groups in total. The largest absolute Gasteiger partial charge is 0.453 e. The van der Waals surface area contributed by atoms with E-state index in [0.717, 1.165) is 113 Å². The van der Waals surface area contributed by atoms with Crippen molar-refractivity contribution in [2.24, 2.45) is 17.3 Å². The summed E-state index contributed by atoms with van der Waals surface area (Å²) in [6, 6.07) is 14.5. The second-order valence-corrected chi connectivity index (χ2v) is 19.2. The first-order valence-electron chi connectivity index (χ1n) is 23.3. The van der Waals surface area contributed by atoms with Crippen LogP contribution >= 0.6 is 0 Å². The number of rotatable bonds is 10. The second-order valence-electron chi connectivity index (χ2n) is 19.2. The zero-order valence-electron chi connectivity index (χ0n) is 38.2. The van der Waals surface area contributed by atoms with Gasteiger partial charge in [-0.1, -0.05) is 71.2 Å². The number of benzene rings is 3. The zero-order valence-corrected chi connectivity index (χ0v) is 38.2. The second kappa shape index (κ2) is 17.6. The van der Waals surface area contributed by atoms with Gasteiger partial charge in [-0.25, -0.2) is 19.6 Å². The Balaban J connectivity index is 1.04. The maximum absolute atomic E-state index is 14.9. The molecule has 15 heteroatoms. The van der Waals surface area contributed by atoms with E-state index in [2.05, 4.69) is 50.9 Å². The van der Waals surface area contributed by atoms with Crippen molar-refractivity contribution in [3.63, 3.8) is 0 Å². The summed E-state index contributed by atoms with van der Waals surface area (Å²) < 4.78 is 9.63. The highest BCUT2D eigenvalue weighted by Crippen LogP contribution is 2.52. The lowest BCUT2D eigenvalue weighted by molar-refractivity contribution is -0.136. The van der Waals surface area contributed by atoms with Crippen LogP contribution in [0.25, 0.3) is 44.3 Å². The highest BCUT2D eigenvalue weighted by Gasteiger charge is 2.48. The summed E-state index contributed by atoms with van der Waals surface area (Å²) in [5, 5.41) is 5.45. The summed E-state index contributed by atoms with van der Waals surface area (Å²) in [5.41, 5.74) is 8.51. The number of nitrogens with zero attached hydrogens (tertiary/aromatic N) is 4. The maximum atomic E-state index is 14.9. The molecular formula is C50H60N8O7. The van der Waals surface area contributed by atoms with Gasteiger partial charge in [-0.05, 0) is 109 Å². The van der Waals surface area contributed by atoms with Gasteiger partial charge in [0.2, 0.25) is 11.8 Å². The number of nitrogens with one attached hydrogen (secondary N) is 4. The van der Waals surface area contributed by atoms with E-state index in [1.54, 1.807) is 0 Å². The molecule has 342 valence electrons. The number of carbonyl (C=O) groups excluding carboxylic acids is 5. The molecule has 9 rings (SSSR count). The molecule has 4 heterocycles. The summed E-state index contributed by atoms with van der Waals surface area (Å²) in [6.07, 6.45) is 7.49. The van der Waals surface area contributed by atoms with Crippen LogP contribution < -0.4 is 10.6 Å². The summed E-state index contributed by atoms with van der Waals surface area (Å²) in [7, 11) is 2.58. The van der Waals surface area contributed by atoms with E-state index in [0.29, 0.717) is 31.2 Å². The first kappa shape index (κ1) is 44.0. The van der Waals surface area contributed by atoms with E-state index in [1.807, 2.05) is 55.7 Å². The number of Topliss-reactive ketones (excluding diaryl/α,β-unsaturated/α-hetero) is 1. The molecule has 2 aromatic heterocycles. The maximum Gasteiger partial charge on any atom is 0.407 e. The Morgan fingerprint density at radius 3 is 1.63 bits per heavy atom. The van der Waals surface area contributed by atoms with Crippen molar-refractivity contribution in [3.05, 3.63) is 71.3 Å². The average Bonchev–Trinajstić information content (AvgIpc) is 4.16. The van der Waals surface area contributed by atoms with Crippen molar-refractivity contribution in [2.75, 3.05) is 27.3 Å². The predicted octanol–water partition coefficient (Wildman–Crippen LogP) is 8.55. The molecule has 1 spiro atoms. The minimum Gasteiger partial charge on any atom is -0.453 e. The molecule has 5 aromatic rings. The Hall–Kier alpha value is -6.25. The number of amides is 4. The quantitative estimate of drug-likeness (QED) is 0.106. The van der Waals surface area contributed by atoms with E-state index in [9.17, 15) is 24.0 Å². The van der Waals surface area contributed by atoms with E-state index in [1.165, 1.54) is 14.2 Å². The number of hydrogen-bond acceptors (Lipinski definition) is 9. The van der Waals surface area contributed by atoms with Crippen LogP contribution in [0.1, 0.15) is 125 Å². The smallest absolute Gasteiger partial charge is 0.407 e. The third kappa shape index (κ3) is 8.00. The van der Waals surface area contributed by atoms with Gasteiger partial charge >= 0.3 is 12.2 Å². The third-order valence-electron chi connectivity index (χ3n) is 14.5. The molecule has 0 bridgehead atoms. The molecule has 4 atom stereocenters. The highest BCUT2D eigenvalue weighted by atomic mass is 16.5. The molecule has 4 aliphatic rings. The number of fused-ring (bicyclic) bond motifs is 3.